The number of anilines is 1. The maximum absolute atomic E-state index is 2.52. The fourth-order valence-corrected chi connectivity index (χ4v) is 7.22. The fraction of sp³-hybridized carbons (Fsp3) is 0.343. The summed E-state index contributed by atoms with van der Waals surface area (Å²) in [6.07, 6.45) is 14.1. The molecular weight excluding hydrogens is 448 g/mol. The minimum atomic E-state index is -0.0658. The highest BCUT2D eigenvalue weighted by Crippen LogP contribution is 2.51. The van der Waals surface area contributed by atoms with Gasteiger partial charge in [-0.25, -0.2) is 0 Å². The topological polar surface area (TPSA) is 6.25 Å². The van der Waals surface area contributed by atoms with Gasteiger partial charge in [0.15, 0.2) is 5.71 Å². The smallest absolute Gasteiger partial charge is 0.210 e. The first-order valence-electron chi connectivity index (χ1n) is 14.0. The highest BCUT2D eigenvalue weighted by molar-refractivity contribution is 6.07. The summed E-state index contributed by atoms with van der Waals surface area (Å²) in [5, 5.41) is 2.69. The first-order chi connectivity index (χ1) is 17.8. The average molecular weight is 488 g/mol. The Balaban J connectivity index is 1.43. The van der Waals surface area contributed by atoms with Gasteiger partial charge in [-0.3, -0.25) is 0 Å². The van der Waals surface area contributed by atoms with Gasteiger partial charge in [-0.2, -0.15) is 4.58 Å². The van der Waals surface area contributed by atoms with E-state index in [2.05, 4.69) is 130 Å². The molecule has 37 heavy (non-hydrogen) atoms. The molecule has 0 bridgehead atoms. The first-order valence-corrected chi connectivity index (χ1v) is 14.0. The van der Waals surface area contributed by atoms with Gasteiger partial charge >= 0.3 is 0 Å². The van der Waals surface area contributed by atoms with Crippen molar-refractivity contribution in [3.63, 3.8) is 0 Å². The van der Waals surface area contributed by atoms with Crippen molar-refractivity contribution in [3.05, 3.63) is 101 Å². The predicted molar refractivity (Wildman–Crippen MR) is 160 cm³/mol. The molecule has 0 radical (unpaired) electrons. The van der Waals surface area contributed by atoms with E-state index in [1.807, 2.05) is 0 Å². The number of benzene rings is 3. The molecule has 3 aliphatic rings. The SMILES string of the molecule is CCN1C(=CC=CC2=[N+](CC)c3ccc4ccccc4c3C2(C)C)C(C)(C)c2c1ccc1c2C=CCC1. The van der Waals surface area contributed by atoms with Gasteiger partial charge in [0.25, 0.3) is 0 Å². The molecule has 3 aromatic carbocycles. The molecule has 3 aromatic rings. The second kappa shape index (κ2) is 8.58. The Morgan fingerprint density at radius 2 is 1.73 bits per heavy atom. The largest absolute Gasteiger partial charge is 0.344 e. The van der Waals surface area contributed by atoms with E-state index in [0.29, 0.717) is 0 Å². The minimum Gasteiger partial charge on any atom is -0.344 e. The number of fused-ring (bicyclic) bond motifs is 6. The van der Waals surface area contributed by atoms with Gasteiger partial charge < -0.3 is 4.90 Å². The molecule has 2 heteroatoms. The summed E-state index contributed by atoms with van der Waals surface area (Å²) in [5.74, 6) is 0. The number of likely N-dealkylation sites (N-methyl/N-ethyl adjacent to an activating group) is 1. The molecule has 0 atom stereocenters. The van der Waals surface area contributed by atoms with E-state index in [1.165, 1.54) is 55.8 Å². The van der Waals surface area contributed by atoms with E-state index in [1.54, 1.807) is 0 Å². The zero-order valence-electron chi connectivity index (χ0n) is 23.2. The van der Waals surface area contributed by atoms with Crippen LogP contribution in [0.25, 0.3) is 16.8 Å². The molecule has 2 heterocycles. The fourth-order valence-electron chi connectivity index (χ4n) is 7.22. The van der Waals surface area contributed by atoms with Crippen molar-refractivity contribution in [1.82, 2.24) is 0 Å². The van der Waals surface area contributed by atoms with Crippen LogP contribution >= 0.6 is 0 Å². The monoisotopic (exact) mass is 487 g/mol. The Labute approximate surface area is 222 Å². The normalized spacial score (nSPS) is 20.3. The van der Waals surface area contributed by atoms with Crippen molar-refractivity contribution in [2.45, 2.75) is 65.2 Å². The number of nitrogens with zero attached hydrogens (tertiary/aromatic N) is 2. The van der Waals surface area contributed by atoms with E-state index in [0.717, 1.165) is 25.9 Å². The first kappa shape index (κ1) is 24.0. The molecule has 0 amide bonds. The third kappa shape index (κ3) is 3.41. The number of rotatable bonds is 4. The van der Waals surface area contributed by atoms with E-state index in [-0.39, 0.29) is 10.8 Å². The Bertz CT molecular complexity index is 1540. The molecule has 2 aliphatic heterocycles. The highest BCUT2D eigenvalue weighted by atomic mass is 15.2. The molecule has 0 fully saturated rings. The molecule has 0 saturated heterocycles. The maximum atomic E-state index is 2.52. The van der Waals surface area contributed by atoms with Gasteiger partial charge in [0.1, 0.15) is 6.54 Å². The minimum absolute atomic E-state index is 0.0395. The second-order valence-corrected chi connectivity index (χ2v) is 11.7. The lowest BCUT2D eigenvalue weighted by molar-refractivity contribution is -0.433. The molecular formula is C35H39N2+. The number of aryl methyl sites for hydroxylation is 1. The van der Waals surface area contributed by atoms with Crippen LogP contribution in [0, 0.1) is 0 Å². The highest BCUT2D eigenvalue weighted by Gasteiger charge is 2.45. The Hall–Kier alpha value is -3.39. The maximum Gasteiger partial charge on any atom is 0.210 e. The Kier molecular flexibility index (Phi) is 5.56. The van der Waals surface area contributed by atoms with E-state index >= 15 is 0 Å². The summed E-state index contributed by atoms with van der Waals surface area (Å²) in [4.78, 5) is 2.52. The van der Waals surface area contributed by atoms with Gasteiger partial charge in [-0.05, 0) is 86.2 Å². The molecule has 188 valence electrons. The number of hydrogen-bond acceptors (Lipinski definition) is 1. The quantitative estimate of drug-likeness (QED) is 0.335. The van der Waals surface area contributed by atoms with Crippen molar-refractivity contribution in [2.24, 2.45) is 0 Å². The summed E-state index contributed by atoms with van der Waals surface area (Å²) in [5.41, 5.74) is 11.3. The Morgan fingerprint density at radius 3 is 2.51 bits per heavy atom. The van der Waals surface area contributed by atoms with Crippen LogP contribution in [0.1, 0.15) is 70.2 Å². The van der Waals surface area contributed by atoms with Gasteiger partial charge in [-0.1, -0.05) is 62.4 Å². The predicted octanol–water partition coefficient (Wildman–Crippen LogP) is 8.45. The lowest BCUT2D eigenvalue weighted by Gasteiger charge is -2.26. The molecule has 0 N–H and O–H groups in total. The van der Waals surface area contributed by atoms with Crippen LogP contribution in [0.5, 0.6) is 0 Å². The van der Waals surface area contributed by atoms with Crippen LogP contribution in [0.2, 0.25) is 0 Å². The molecule has 0 spiro atoms. The van der Waals surface area contributed by atoms with Crippen LogP contribution in [-0.4, -0.2) is 23.4 Å². The van der Waals surface area contributed by atoms with Gasteiger partial charge in [-0.15, -0.1) is 0 Å². The van der Waals surface area contributed by atoms with Gasteiger partial charge in [0.2, 0.25) is 5.69 Å². The molecule has 1 aliphatic carbocycles. The van der Waals surface area contributed by atoms with E-state index in [4.69, 9.17) is 0 Å². The van der Waals surface area contributed by atoms with Crippen molar-refractivity contribution < 1.29 is 4.58 Å². The van der Waals surface area contributed by atoms with Crippen LogP contribution in [0.4, 0.5) is 11.4 Å². The van der Waals surface area contributed by atoms with Crippen molar-refractivity contribution in [3.8, 4) is 0 Å². The lowest BCUT2D eigenvalue weighted by Crippen LogP contribution is -2.28. The number of allylic oxidation sites excluding steroid dienone is 5. The summed E-state index contributed by atoms with van der Waals surface area (Å²) >= 11 is 0. The van der Waals surface area contributed by atoms with E-state index in [9.17, 15) is 0 Å². The average Bonchev–Trinajstić information content (AvgIpc) is 3.27. The van der Waals surface area contributed by atoms with Gasteiger partial charge in [0.05, 0.1) is 5.41 Å². The van der Waals surface area contributed by atoms with Crippen molar-refractivity contribution >= 4 is 33.9 Å². The molecule has 0 unspecified atom stereocenters. The number of hydrogen-bond donors (Lipinski definition) is 0. The molecule has 6 rings (SSSR count). The van der Waals surface area contributed by atoms with Crippen LogP contribution in [0.15, 0.2) is 78.5 Å². The lowest BCUT2D eigenvalue weighted by atomic mass is 9.78. The summed E-state index contributed by atoms with van der Waals surface area (Å²) < 4.78 is 2.50. The molecule has 0 saturated carbocycles. The third-order valence-corrected chi connectivity index (χ3v) is 8.92. The van der Waals surface area contributed by atoms with Crippen LogP contribution in [-0.2, 0) is 17.3 Å². The summed E-state index contributed by atoms with van der Waals surface area (Å²) in [6.45, 7) is 16.0. The van der Waals surface area contributed by atoms with Crippen molar-refractivity contribution in [2.75, 3.05) is 18.0 Å². The standard InChI is InChI=1S/C35H39N2/c1-7-36-28-22-20-24-14-9-11-16-26(24)32(28)34(3,4)30(36)18-13-19-31-35(5,6)33-27-17-12-10-15-25(27)21-23-29(33)37(31)8-2/h9,11-14,16-23H,7-8,10,15H2,1-6H3/q+1. The molecule has 2 nitrogen and oxygen atoms in total. The summed E-state index contributed by atoms with van der Waals surface area (Å²) in [6, 6.07) is 18.1. The third-order valence-electron chi connectivity index (χ3n) is 8.92. The zero-order chi connectivity index (χ0) is 25.9. The molecule has 0 aromatic heterocycles. The van der Waals surface area contributed by atoms with Gasteiger partial charge in [0, 0.05) is 41.1 Å². The summed E-state index contributed by atoms with van der Waals surface area (Å²) in [7, 11) is 0. The van der Waals surface area contributed by atoms with Crippen LogP contribution in [0.3, 0.4) is 0 Å². The van der Waals surface area contributed by atoms with Crippen LogP contribution < -0.4 is 4.90 Å². The zero-order valence-corrected chi connectivity index (χ0v) is 23.2. The Morgan fingerprint density at radius 1 is 0.919 bits per heavy atom. The van der Waals surface area contributed by atoms with Crippen molar-refractivity contribution in [1.29, 1.82) is 0 Å². The second-order valence-electron chi connectivity index (χ2n) is 11.7. The van der Waals surface area contributed by atoms with E-state index < -0.39 is 0 Å².